The minimum Gasteiger partial charge on any atom is -0.297 e. The van der Waals surface area contributed by atoms with Gasteiger partial charge in [-0.2, -0.15) is 0 Å². The number of nitrogens with zero attached hydrogens (tertiary/aromatic N) is 5. The van der Waals surface area contributed by atoms with Crippen molar-refractivity contribution in [1.82, 2.24) is 24.3 Å². The van der Waals surface area contributed by atoms with Crippen molar-refractivity contribution in [1.29, 1.82) is 0 Å². The van der Waals surface area contributed by atoms with Gasteiger partial charge in [-0.3, -0.25) is 24.1 Å². The lowest BCUT2D eigenvalue weighted by Crippen LogP contribution is -2.31. The van der Waals surface area contributed by atoms with Gasteiger partial charge in [-0.05, 0) is 32.5 Å². The van der Waals surface area contributed by atoms with E-state index in [0.29, 0.717) is 12.2 Å². The van der Waals surface area contributed by atoms with E-state index < -0.39 is 0 Å². The van der Waals surface area contributed by atoms with Crippen molar-refractivity contribution in [3.63, 3.8) is 0 Å². The van der Waals surface area contributed by atoms with Crippen LogP contribution in [-0.2, 0) is 13.0 Å². The second kappa shape index (κ2) is 6.88. The smallest absolute Gasteiger partial charge is 0.258 e. The van der Waals surface area contributed by atoms with Crippen LogP contribution in [0.5, 0.6) is 0 Å². The van der Waals surface area contributed by atoms with Crippen LogP contribution in [-0.4, -0.2) is 37.3 Å². The highest BCUT2D eigenvalue weighted by atomic mass is 16.1. The highest BCUT2D eigenvalue weighted by molar-refractivity contribution is 5.39. The van der Waals surface area contributed by atoms with Crippen LogP contribution < -0.4 is 5.56 Å². The molecule has 0 unspecified atom stereocenters. The minimum atomic E-state index is -0.0475. The van der Waals surface area contributed by atoms with Crippen LogP contribution in [0.3, 0.4) is 0 Å². The summed E-state index contributed by atoms with van der Waals surface area (Å²) in [6.45, 7) is 4.70. The van der Waals surface area contributed by atoms with Gasteiger partial charge in [0.25, 0.3) is 5.56 Å². The monoisotopic (exact) mass is 323 g/mol. The maximum atomic E-state index is 12.3. The third kappa shape index (κ3) is 3.65. The van der Waals surface area contributed by atoms with Crippen molar-refractivity contribution >= 4 is 5.65 Å². The lowest BCUT2D eigenvalue weighted by atomic mass is 10.1. The molecule has 0 spiro atoms. The van der Waals surface area contributed by atoms with E-state index in [-0.39, 0.29) is 11.6 Å². The molecule has 124 valence electrons. The fourth-order valence-corrected chi connectivity index (χ4v) is 2.64. The van der Waals surface area contributed by atoms with Gasteiger partial charge in [0.2, 0.25) is 0 Å². The summed E-state index contributed by atoms with van der Waals surface area (Å²) in [6.07, 6.45) is 7.78. The van der Waals surface area contributed by atoms with Gasteiger partial charge in [-0.1, -0.05) is 6.07 Å². The second-order valence-corrected chi connectivity index (χ2v) is 6.19. The third-order valence-corrected chi connectivity index (χ3v) is 4.15. The van der Waals surface area contributed by atoms with E-state index in [1.807, 2.05) is 32.3 Å². The minimum absolute atomic E-state index is 0.0475. The van der Waals surface area contributed by atoms with E-state index in [1.54, 1.807) is 29.1 Å². The van der Waals surface area contributed by atoms with E-state index >= 15 is 0 Å². The Morgan fingerprint density at radius 3 is 2.83 bits per heavy atom. The molecule has 3 rings (SSSR count). The molecule has 0 saturated heterocycles. The van der Waals surface area contributed by atoms with Crippen molar-refractivity contribution < 1.29 is 0 Å². The molecule has 0 aliphatic rings. The Kier molecular flexibility index (Phi) is 4.66. The Balaban J connectivity index is 1.76. The molecule has 1 atom stereocenters. The van der Waals surface area contributed by atoms with Crippen molar-refractivity contribution in [2.24, 2.45) is 0 Å². The zero-order valence-electron chi connectivity index (χ0n) is 14.2. The summed E-state index contributed by atoms with van der Waals surface area (Å²) < 4.78 is 1.59. The molecule has 0 radical (unpaired) electrons. The molecule has 3 aromatic rings. The summed E-state index contributed by atoms with van der Waals surface area (Å²) in [4.78, 5) is 27.5. The number of aryl methyl sites for hydroxylation is 1. The van der Waals surface area contributed by atoms with Crippen molar-refractivity contribution in [2.45, 2.75) is 32.9 Å². The van der Waals surface area contributed by atoms with Crippen LogP contribution in [0.2, 0.25) is 0 Å². The molecule has 0 aliphatic heterocycles. The van der Waals surface area contributed by atoms with Gasteiger partial charge in [0.1, 0.15) is 5.65 Å². The van der Waals surface area contributed by atoms with Crippen LogP contribution >= 0.6 is 0 Å². The first kappa shape index (κ1) is 16.3. The maximum Gasteiger partial charge on any atom is 0.258 e. The van der Waals surface area contributed by atoms with Crippen LogP contribution in [0.15, 0.2) is 47.8 Å². The first-order chi connectivity index (χ1) is 11.5. The molecular formula is C18H21N5O. The van der Waals surface area contributed by atoms with E-state index in [2.05, 4.69) is 26.8 Å². The Morgan fingerprint density at radius 2 is 2.08 bits per heavy atom. The van der Waals surface area contributed by atoms with E-state index in [0.717, 1.165) is 23.4 Å². The van der Waals surface area contributed by atoms with Crippen molar-refractivity contribution in [3.8, 4) is 0 Å². The number of likely N-dealkylation sites (N-methyl/N-ethyl adjacent to an activating group) is 1. The quantitative estimate of drug-likeness (QED) is 0.717. The summed E-state index contributed by atoms with van der Waals surface area (Å²) in [7, 11) is 2.03. The SMILES string of the molecule is Cc1ccc2nc(CN(C)[C@@H](C)Cc3cnccn3)cc(=O)n2c1. The molecule has 3 heterocycles. The highest BCUT2D eigenvalue weighted by Crippen LogP contribution is 2.09. The number of rotatable bonds is 5. The molecule has 3 aromatic heterocycles. The van der Waals surface area contributed by atoms with Crippen molar-refractivity contribution in [2.75, 3.05) is 7.05 Å². The van der Waals surface area contributed by atoms with E-state index in [4.69, 9.17) is 0 Å². The molecule has 0 fully saturated rings. The Labute approximate surface area is 140 Å². The lowest BCUT2D eigenvalue weighted by Gasteiger charge is -2.24. The average Bonchev–Trinajstić information content (AvgIpc) is 2.56. The van der Waals surface area contributed by atoms with Gasteiger partial charge in [0.05, 0.1) is 11.4 Å². The van der Waals surface area contributed by atoms with Crippen LogP contribution in [0.4, 0.5) is 0 Å². The summed E-state index contributed by atoms with van der Waals surface area (Å²) in [6, 6.07) is 5.72. The predicted molar refractivity (Wildman–Crippen MR) is 92.9 cm³/mol. The van der Waals surface area contributed by atoms with E-state index in [1.165, 1.54) is 0 Å². The number of pyridine rings is 1. The molecule has 0 aromatic carbocycles. The van der Waals surface area contributed by atoms with Crippen LogP contribution in [0.25, 0.3) is 5.65 Å². The molecule has 0 amide bonds. The largest absolute Gasteiger partial charge is 0.297 e. The van der Waals surface area contributed by atoms with E-state index in [9.17, 15) is 4.79 Å². The maximum absolute atomic E-state index is 12.3. The van der Waals surface area contributed by atoms with Crippen molar-refractivity contribution in [3.05, 3.63) is 70.3 Å². The molecular weight excluding hydrogens is 302 g/mol. The van der Waals surface area contributed by atoms with Crippen LogP contribution in [0.1, 0.15) is 23.9 Å². The molecule has 0 aliphatic carbocycles. The summed E-state index contributed by atoms with van der Waals surface area (Å²) in [5.41, 5.74) is 3.40. The average molecular weight is 323 g/mol. The Bertz CT molecular complexity index is 891. The number of hydrogen-bond acceptors (Lipinski definition) is 5. The molecule has 6 nitrogen and oxygen atoms in total. The van der Waals surface area contributed by atoms with Gasteiger partial charge in [0, 0.05) is 49.9 Å². The number of aromatic nitrogens is 4. The molecule has 6 heteroatoms. The number of hydrogen-bond donors (Lipinski definition) is 0. The summed E-state index contributed by atoms with van der Waals surface area (Å²) >= 11 is 0. The molecule has 24 heavy (non-hydrogen) atoms. The third-order valence-electron chi connectivity index (χ3n) is 4.15. The highest BCUT2D eigenvalue weighted by Gasteiger charge is 2.13. The first-order valence-corrected chi connectivity index (χ1v) is 7.97. The molecule has 0 N–H and O–H groups in total. The topological polar surface area (TPSA) is 63.4 Å². The van der Waals surface area contributed by atoms with Gasteiger partial charge >= 0.3 is 0 Å². The predicted octanol–water partition coefficient (Wildman–Crippen LogP) is 1.86. The lowest BCUT2D eigenvalue weighted by molar-refractivity contribution is 0.244. The molecule has 0 saturated carbocycles. The Hall–Kier alpha value is -2.60. The Morgan fingerprint density at radius 1 is 1.25 bits per heavy atom. The number of fused-ring (bicyclic) bond motifs is 1. The standard InChI is InChI=1S/C18H21N5O/c1-13-4-5-17-21-16(9-18(24)23(17)11-13)12-22(3)14(2)8-15-10-19-6-7-20-15/h4-7,9-11,14H,8,12H2,1-3H3/t14-/m0/s1. The summed E-state index contributed by atoms with van der Waals surface area (Å²) in [5, 5.41) is 0. The zero-order valence-corrected chi connectivity index (χ0v) is 14.2. The first-order valence-electron chi connectivity index (χ1n) is 7.97. The van der Waals surface area contributed by atoms with Gasteiger partial charge < -0.3 is 0 Å². The second-order valence-electron chi connectivity index (χ2n) is 6.19. The summed E-state index contributed by atoms with van der Waals surface area (Å²) in [5.74, 6) is 0. The fourth-order valence-electron chi connectivity index (χ4n) is 2.64. The van der Waals surface area contributed by atoms with Gasteiger partial charge in [-0.15, -0.1) is 0 Å². The van der Waals surface area contributed by atoms with Gasteiger partial charge in [-0.25, -0.2) is 4.98 Å². The molecule has 0 bridgehead atoms. The normalized spacial score (nSPS) is 12.7. The fraction of sp³-hybridized carbons (Fsp3) is 0.333. The van der Waals surface area contributed by atoms with Crippen LogP contribution in [0, 0.1) is 6.92 Å². The van der Waals surface area contributed by atoms with Gasteiger partial charge in [0.15, 0.2) is 0 Å². The zero-order chi connectivity index (χ0) is 17.1.